The Bertz CT molecular complexity index is 508. The molecule has 2 N–H and O–H groups in total. The van der Waals surface area contributed by atoms with Crippen molar-refractivity contribution in [3.63, 3.8) is 0 Å². The van der Waals surface area contributed by atoms with E-state index in [-0.39, 0.29) is 0 Å². The molecular formula is C14H17N3. The molecule has 0 aliphatic rings. The van der Waals surface area contributed by atoms with Gasteiger partial charge in [-0.1, -0.05) is 18.2 Å². The summed E-state index contributed by atoms with van der Waals surface area (Å²) in [6, 6.07) is 14.2. The first-order chi connectivity index (χ1) is 8.20. The van der Waals surface area contributed by atoms with Crippen molar-refractivity contribution in [3.8, 4) is 0 Å². The lowest BCUT2D eigenvalue weighted by molar-refractivity contribution is 1.05. The standard InChI is InChI=1S/C14H17N3/c1-11-5-3-8-14(16-11)17(2)13-7-4-6-12(9-13)10-15/h3-9H,10,15H2,1-2H3. The van der Waals surface area contributed by atoms with Crippen molar-refractivity contribution in [2.45, 2.75) is 13.5 Å². The summed E-state index contributed by atoms with van der Waals surface area (Å²) in [6.07, 6.45) is 0. The lowest BCUT2D eigenvalue weighted by Gasteiger charge is -2.19. The van der Waals surface area contributed by atoms with E-state index in [1.54, 1.807) is 0 Å². The maximum absolute atomic E-state index is 5.65. The summed E-state index contributed by atoms with van der Waals surface area (Å²) in [4.78, 5) is 6.56. The van der Waals surface area contributed by atoms with Gasteiger partial charge in [0.15, 0.2) is 0 Å². The second kappa shape index (κ2) is 4.97. The summed E-state index contributed by atoms with van der Waals surface area (Å²) in [6.45, 7) is 2.55. The molecule has 1 aromatic heterocycles. The smallest absolute Gasteiger partial charge is 0.132 e. The Hall–Kier alpha value is -1.87. The average Bonchev–Trinajstić information content (AvgIpc) is 2.38. The maximum Gasteiger partial charge on any atom is 0.132 e. The first-order valence-corrected chi connectivity index (χ1v) is 5.67. The van der Waals surface area contributed by atoms with E-state index in [1.807, 2.05) is 44.3 Å². The van der Waals surface area contributed by atoms with Crippen LogP contribution in [-0.2, 0) is 6.54 Å². The molecule has 0 saturated heterocycles. The third-order valence-corrected chi connectivity index (χ3v) is 2.75. The molecule has 0 amide bonds. The van der Waals surface area contributed by atoms with Gasteiger partial charge >= 0.3 is 0 Å². The molecule has 1 heterocycles. The van der Waals surface area contributed by atoms with Crippen molar-refractivity contribution in [1.82, 2.24) is 4.98 Å². The van der Waals surface area contributed by atoms with Crippen LogP contribution in [0.1, 0.15) is 11.3 Å². The van der Waals surface area contributed by atoms with Crippen molar-refractivity contribution in [3.05, 3.63) is 53.7 Å². The third-order valence-electron chi connectivity index (χ3n) is 2.75. The molecule has 0 aliphatic heterocycles. The molecule has 0 bridgehead atoms. The van der Waals surface area contributed by atoms with Crippen LogP contribution in [0.25, 0.3) is 0 Å². The van der Waals surface area contributed by atoms with Gasteiger partial charge in [0, 0.05) is 25.0 Å². The second-order valence-corrected chi connectivity index (χ2v) is 4.07. The monoisotopic (exact) mass is 227 g/mol. The number of anilines is 2. The van der Waals surface area contributed by atoms with E-state index in [9.17, 15) is 0 Å². The minimum Gasteiger partial charge on any atom is -0.329 e. The third kappa shape index (κ3) is 2.63. The fourth-order valence-electron chi connectivity index (χ4n) is 1.74. The zero-order valence-corrected chi connectivity index (χ0v) is 10.2. The van der Waals surface area contributed by atoms with Gasteiger partial charge in [0.1, 0.15) is 5.82 Å². The Morgan fingerprint density at radius 2 is 1.94 bits per heavy atom. The highest BCUT2D eigenvalue weighted by Gasteiger charge is 2.05. The molecule has 88 valence electrons. The summed E-state index contributed by atoms with van der Waals surface area (Å²) >= 11 is 0. The molecule has 0 unspecified atom stereocenters. The molecule has 0 fully saturated rings. The Morgan fingerprint density at radius 3 is 2.65 bits per heavy atom. The number of rotatable bonds is 3. The van der Waals surface area contributed by atoms with Crippen molar-refractivity contribution >= 4 is 11.5 Å². The Labute approximate surface area is 102 Å². The van der Waals surface area contributed by atoms with Gasteiger partial charge in [-0.15, -0.1) is 0 Å². The predicted molar refractivity (Wildman–Crippen MR) is 71.4 cm³/mol. The number of nitrogens with zero attached hydrogens (tertiary/aromatic N) is 2. The number of benzene rings is 1. The Kier molecular flexibility index (Phi) is 3.40. The van der Waals surface area contributed by atoms with Crippen LogP contribution in [0, 0.1) is 6.92 Å². The Balaban J connectivity index is 2.33. The summed E-state index contributed by atoms with van der Waals surface area (Å²) in [7, 11) is 2.01. The molecule has 17 heavy (non-hydrogen) atoms. The highest BCUT2D eigenvalue weighted by molar-refractivity contribution is 5.59. The van der Waals surface area contributed by atoms with Gasteiger partial charge in [-0.2, -0.15) is 0 Å². The average molecular weight is 227 g/mol. The first-order valence-electron chi connectivity index (χ1n) is 5.67. The van der Waals surface area contributed by atoms with Gasteiger partial charge in [-0.3, -0.25) is 0 Å². The minimum atomic E-state index is 0.558. The second-order valence-electron chi connectivity index (χ2n) is 4.07. The molecule has 3 nitrogen and oxygen atoms in total. The van der Waals surface area contributed by atoms with E-state index in [4.69, 9.17) is 5.73 Å². The fourth-order valence-corrected chi connectivity index (χ4v) is 1.74. The molecule has 2 rings (SSSR count). The lowest BCUT2D eigenvalue weighted by atomic mass is 10.2. The molecule has 3 heteroatoms. The molecule has 0 aliphatic carbocycles. The predicted octanol–water partition coefficient (Wildman–Crippen LogP) is 2.62. The molecule has 0 spiro atoms. The highest BCUT2D eigenvalue weighted by Crippen LogP contribution is 2.22. The van der Waals surface area contributed by atoms with Crippen molar-refractivity contribution < 1.29 is 0 Å². The maximum atomic E-state index is 5.65. The van der Waals surface area contributed by atoms with Crippen LogP contribution in [-0.4, -0.2) is 12.0 Å². The van der Waals surface area contributed by atoms with Gasteiger partial charge in [0.25, 0.3) is 0 Å². The van der Waals surface area contributed by atoms with Crippen LogP contribution >= 0.6 is 0 Å². The SMILES string of the molecule is Cc1cccc(N(C)c2cccc(CN)c2)n1. The van der Waals surface area contributed by atoms with Crippen LogP contribution in [0.2, 0.25) is 0 Å². The normalized spacial score (nSPS) is 10.3. The van der Waals surface area contributed by atoms with E-state index in [0.717, 1.165) is 22.8 Å². The lowest BCUT2D eigenvalue weighted by Crippen LogP contribution is -2.12. The fraction of sp³-hybridized carbons (Fsp3) is 0.214. The Morgan fingerprint density at radius 1 is 1.18 bits per heavy atom. The first kappa shape index (κ1) is 11.6. The summed E-state index contributed by atoms with van der Waals surface area (Å²) < 4.78 is 0. The van der Waals surface area contributed by atoms with E-state index in [1.165, 1.54) is 0 Å². The summed E-state index contributed by atoms with van der Waals surface area (Å²) in [5.41, 5.74) is 8.90. The van der Waals surface area contributed by atoms with Crippen molar-refractivity contribution in [2.24, 2.45) is 5.73 Å². The van der Waals surface area contributed by atoms with Crippen LogP contribution in [0.4, 0.5) is 11.5 Å². The molecular weight excluding hydrogens is 210 g/mol. The van der Waals surface area contributed by atoms with Gasteiger partial charge < -0.3 is 10.6 Å². The van der Waals surface area contributed by atoms with Gasteiger partial charge in [-0.25, -0.2) is 4.98 Å². The van der Waals surface area contributed by atoms with Crippen LogP contribution in [0.5, 0.6) is 0 Å². The molecule has 0 radical (unpaired) electrons. The van der Waals surface area contributed by atoms with Crippen LogP contribution in [0.15, 0.2) is 42.5 Å². The van der Waals surface area contributed by atoms with Crippen LogP contribution < -0.4 is 10.6 Å². The van der Waals surface area contributed by atoms with Gasteiger partial charge in [-0.05, 0) is 36.8 Å². The van der Waals surface area contributed by atoms with Crippen LogP contribution in [0.3, 0.4) is 0 Å². The van der Waals surface area contributed by atoms with Crippen molar-refractivity contribution in [2.75, 3.05) is 11.9 Å². The van der Waals surface area contributed by atoms with Gasteiger partial charge in [0.05, 0.1) is 0 Å². The number of hydrogen-bond donors (Lipinski definition) is 1. The van der Waals surface area contributed by atoms with E-state index in [2.05, 4.69) is 22.0 Å². The van der Waals surface area contributed by atoms with E-state index >= 15 is 0 Å². The van der Waals surface area contributed by atoms with E-state index in [0.29, 0.717) is 6.54 Å². The zero-order chi connectivity index (χ0) is 12.3. The summed E-state index contributed by atoms with van der Waals surface area (Å²) in [5, 5.41) is 0. The van der Waals surface area contributed by atoms with E-state index < -0.39 is 0 Å². The zero-order valence-electron chi connectivity index (χ0n) is 10.2. The highest BCUT2D eigenvalue weighted by atomic mass is 15.2. The van der Waals surface area contributed by atoms with Crippen molar-refractivity contribution in [1.29, 1.82) is 0 Å². The minimum absolute atomic E-state index is 0.558. The number of aromatic nitrogens is 1. The molecule has 0 atom stereocenters. The number of pyridine rings is 1. The number of aryl methyl sites for hydroxylation is 1. The quantitative estimate of drug-likeness (QED) is 0.876. The molecule has 1 aromatic carbocycles. The number of nitrogens with two attached hydrogens (primary N) is 1. The largest absolute Gasteiger partial charge is 0.329 e. The topological polar surface area (TPSA) is 42.1 Å². The summed E-state index contributed by atoms with van der Waals surface area (Å²) in [5.74, 6) is 0.944. The molecule has 0 saturated carbocycles. The van der Waals surface area contributed by atoms with Gasteiger partial charge in [0.2, 0.25) is 0 Å². The molecule has 2 aromatic rings. The number of hydrogen-bond acceptors (Lipinski definition) is 3.